The molecular formula is C17H15Cl2FN2O4. The monoisotopic (exact) mass is 400 g/mol. The van der Waals surface area contributed by atoms with Gasteiger partial charge in [0.15, 0.2) is 11.6 Å². The molecule has 2 rings (SSSR count). The van der Waals surface area contributed by atoms with Gasteiger partial charge in [0.05, 0.1) is 15.7 Å². The van der Waals surface area contributed by atoms with Crippen molar-refractivity contribution in [3.8, 4) is 5.75 Å². The molecule has 0 aliphatic rings. The maximum Gasteiger partial charge on any atom is 0.322 e. The van der Waals surface area contributed by atoms with Crippen molar-refractivity contribution >= 4 is 40.8 Å². The quantitative estimate of drug-likeness (QED) is 0.661. The molecule has 0 spiro atoms. The molecule has 6 nitrogen and oxygen atoms in total. The molecule has 9 heteroatoms. The Balaban J connectivity index is 2.16. The molecule has 0 aromatic heterocycles. The lowest BCUT2D eigenvalue weighted by molar-refractivity contribution is -0.135. The molecule has 26 heavy (non-hydrogen) atoms. The van der Waals surface area contributed by atoms with Gasteiger partial charge in [0.2, 0.25) is 0 Å². The van der Waals surface area contributed by atoms with Crippen molar-refractivity contribution in [1.82, 2.24) is 5.32 Å². The van der Waals surface area contributed by atoms with Crippen LogP contribution in [-0.4, -0.2) is 30.6 Å². The second kappa shape index (κ2) is 8.73. The van der Waals surface area contributed by atoms with Crippen LogP contribution in [0.15, 0.2) is 30.3 Å². The third kappa shape index (κ3) is 4.77. The topological polar surface area (TPSA) is 87.7 Å². The standard InChI is InChI=1S/C17H15Cl2FN2O4/c1-21-13-4-2-3-9(15(13)20)8-26-16-11(18)5-10(6-12(16)19)17(25)22-7-14(23)24/h2-6,21H,7-8H2,1H3,(H,22,25)(H,23,24). The number of ether oxygens (including phenoxy) is 1. The van der Waals surface area contributed by atoms with Crippen molar-refractivity contribution in [2.24, 2.45) is 0 Å². The third-order valence-corrected chi connectivity index (χ3v) is 3.94. The lowest BCUT2D eigenvalue weighted by Gasteiger charge is -2.13. The molecule has 0 bridgehead atoms. The molecule has 2 aromatic carbocycles. The zero-order valence-electron chi connectivity index (χ0n) is 13.6. The van der Waals surface area contributed by atoms with Crippen LogP contribution in [0.25, 0.3) is 0 Å². The van der Waals surface area contributed by atoms with Gasteiger partial charge in [0.1, 0.15) is 13.2 Å². The fourth-order valence-corrected chi connectivity index (χ4v) is 2.72. The number of hydrogen-bond acceptors (Lipinski definition) is 4. The fraction of sp³-hybridized carbons (Fsp3) is 0.176. The Morgan fingerprint density at radius 2 is 1.88 bits per heavy atom. The smallest absolute Gasteiger partial charge is 0.322 e. The number of aliphatic carboxylic acids is 1. The highest BCUT2D eigenvalue weighted by molar-refractivity contribution is 6.37. The molecule has 0 atom stereocenters. The Kier molecular flexibility index (Phi) is 6.65. The number of carboxylic acids is 1. The normalized spacial score (nSPS) is 10.3. The lowest BCUT2D eigenvalue weighted by Crippen LogP contribution is -2.29. The van der Waals surface area contributed by atoms with Crippen LogP contribution in [0, 0.1) is 5.82 Å². The number of carbonyl (C=O) groups is 2. The molecule has 0 heterocycles. The first-order valence-corrected chi connectivity index (χ1v) is 8.16. The van der Waals surface area contributed by atoms with Crippen molar-refractivity contribution in [2.45, 2.75) is 6.61 Å². The average Bonchev–Trinajstić information content (AvgIpc) is 2.60. The van der Waals surface area contributed by atoms with Crippen molar-refractivity contribution in [3.63, 3.8) is 0 Å². The van der Waals surface area contributed by atoms with Crippen LogP contribution >= 0.6 is 23.2 Å². The molecule has 2 aromatic rings. The Hall–Kier alpha value is -2.51. The number of amides is 1. The summed E-state index contributed by atoms with van der Waals surface area (Å²) in [6.07, 6.45) is 0. The molecule has 138 valence electrons. The highest BCUT2D eigenvalue weighted by Gasteiger charge is 2.16. The Morgan fingerprint density at radius 3 is 2.46 bits per heavy atom. The number of carboxylic acid groups (broad SMARTS) is 1. The SMILES string of the molecule is CNc1cccc(COc2c(Cl)cc(C(=O)NCC(=O)O)cc2Cl)c1F. The van der Waals surface area contributed by atoms with Crippen molar-refractivity contribution < 1.29 is 23.8 Å². The summed E-state index contributed by atoms with van der Waals surface area (Å²) >= 11 is 12.2. The minimum atomic E-state index is -1.18. The second-order valence-electron chi connectivity index (χ2n) is 5.16. The van der Waals surface area contributed by atoms with Gasteiger partial charge >= 0.3 is 5.97 Å². The van der Waals surface area contributed by atoms with Gasteiger partial charge in [-0.25, -0.2) is 4.39 Å². The minimum Gasteiger partial charge on any atom is -0.486 e. The number of anilines is 1. The number of nitrogens with one attached hydrogen (secondary N) is 2. The molecule has 0 aliphatic heterocycles. The van der Waals surface area contributed by atoms with E-state index >= 15 is 0 Å². The van der Waals surface area contributed by atoms with Gasteiger partial charge < -0.3 is 20.5 Å². The predicted molar refractivity (Wildman–Crippen MR) is 96.7 cm³/mol. The summed E-state index contributed by atoms with van der Waals surface area (Å²) in [6, 6.07) is 7.41. The molecule has 0 unspecified atom stereocenters. The van der Waals surface area contributed by atoms with Crippen LogP contribution in [0.1, 0.15) is 15.9 Å². The molecule has 0 aliphatic carbocycles. The van der Waals surface area contributed by atoms with Crippen LogP contribution in [0.3, 0.4) is 0 Å². The largest absolute Gasteiger partial charge is 0.486 e. The summed E-state index contributed by atoms with van der Waals surface area (Å²) in [5.74, 6) is -2.18. The van der Waals surface area contributed by atoms with Gasteiger partial charge in [-0.15, -0.1) is 0 Å². The van der Waals surface area contributed by atoms with E-state index in [1.807, 2.05) is 0 Å². The van der Waals surface area contributed by atoms with E-state index in [0.717, 1.165) is 0 Å². The number of benzene rings is 2. The van der Waals surface area contributed by atoms with E-state index < -0.39 is 24.2 Å². The van der Waals surface area contributed by atoms with E-state index in [0.29, 0.717) is 11.3 Å². The summed E-state index contributed by atoms with van der Waals surface area (Å²) in [5, 5.41) is 13.6. The van der Waals surface area contributed by atoms with Gasteiger partial charge in [0, 0.05) is 18.2 Å². The van der Waals surface area contributed by atoms with Crippen molar-refractivity contribution in [1.29, 1.82) is 0 Å². The Morgan fingerprint density at radius 1 is 1.23 bits per heavy atom. The number of halogens is 3. The first kappa shape index (κ1) is 19.8. The van der Waals surface area contributed by atoms with Crippen LogP contribution in [0.4, 0.5) is 10.1 Å². The highest BCUT2D eigenvalue weighted by Crippen LogP contribution is 2.35. The summed E-state index contributed by atoms with van der Waals surface area (Å²) in [5.41, 5.74) is 0.706. The number of hydrogen-bond donors (Lipinski definition) is 3. The Labute approximate surface area is 158 Å². The zero-order valence-corrected chi connectivity index (χ0v) is 15.1. The maximum atomic E-state index is 14.2. The van der Waals surface area contributed by atoms with E-state index in [1.165, 1.54) is 12.1 Å². The van der Waals surface area contributed by atoms with Crippen LogP contribution in [-0.2, 0) is 11.4 Å². The zero-order chi connectivity index (χ0) is 19.3. The summed E-state index contributed by atoms with van der Waals surface area (Å²) < 4.78 is 19.7. The third-order valence-electron chi connectivity index (χ3n) is 3.38. The van der Waals surface area contributed by atoms with Crippen LogP contribution in [0.5, 0.6) is 5.75 Å². The van der Waals surface area contributed by atoms with Crippen molar-refractivity contribution in [2.75, 3.05) is 18.9 Å². The van der Waals surface area contributed by atoms with Crippen molar-refractivity contribution in [3.05, 3.63) is 57.3 Å². The van der Waals surface area contributed by atoms with E-state index in [-0.39, 0.29) is 28.0 Å². The first-order chi connectivity index (χ1) is 12.3. The van der Waals surface area contributed by atoms with Gasteiger partial charge in [-0.1, -0.05) is 35.3 Å². The van der Waals surface area contributed by atoms with E-state index in [9.17, 15) is 14.0 Å². The van der Waals surface area contributed by atoms with Gasteiger partial charge in [0.25, 0.3) is 5.91 Å². The first-order valence-electron chi connectivity index (χ1n) is 7.40. The molecule has 0 saturated heterocycles. The van der Waals surface area contributed by atoms with Gasteiger partial charge in [-0.2, -0.15) is 0 Å². The minimum absolute atomic E-state index is 0.0446. The lowest BCUT2D eigenvalue weighted by atomic mass is 10.2. The Bertz CT molecular complexity index is 823. The molecule has 3 N–H and O–H groups in total. The molecule has 0 saturated carbocycles. The van der Waals surface area contributed by atoms with E-state index in [4.69, 9.17) is 33.0 Å². The number of rotatable bonds is 7. The van der Waals surface area contributed by atoms with Gasteiger partial charge in [-0.05, 0) is 18.2 Å². The maximum absolute atomic E-state index is 14.2. The molecular weight excluding hydrogens is 386 g/mol. The molecule has 1 amide bonds. The number of carbonyl (C=O) groups excluding carboxylic acids is 1. The fourth-order valence-electron chi connectivity index (χ4n) is 2.12. The predicted octanol–water partition coefficient (Wildman–Crippen LogP) is 3.57. The summed E-state index contributed by atoms with van der Waals surface area (Å²) in [4.78, 5) is 22.4. The summed E-state index contributed by atoms with van der Waals surface area (Å²) in [7, 11) is 1.60. The highest BCUT2D eigenvalue weighted by atomic mass is 35.5. The summed E-state index contributed by atoms with van der Waals surface area (Å²) in [6.45, 7) is -0.654. The van der Waals surface area contributed by atoms with Crippen LogP contribution in [0.2, 0.25) is 10.0 Å². The van der Waals surface area contributed by atoms with Gasteiger partial charge in [-0.3, -0.25) is 9.59 Å². The van der Waals surface area contributed by atoms with Crippen LogP contribution < -0.4 is 15.4 Å². The van der Waals surface area contributed by atoms with E-state index in [1.54, 1.807) is 25.2 Å². The average molecular weight is 401 g/mol. The second-order valence-corrected chi connectivity index (χ2v) is 5.98. The molecule has 0 radical (unpaired) electrons. The molecule has 0 fully saturated rings. The van der Waals surface area contributed by atoms with E-state index in [2.05, 4.69) is 10.6 Å².